The van der Waals surface area contributed by atoms with Crippen LogP contribution in [0.5, 0.6) is 0 Å². The van der Waals surface area contributed by atoms with Crippen LogP contribution in [0.2, 0.25) is 0 Å². The van der Waals surface area contributed by atoms with Crippen molar-refractivity contribution in [1.29, 1.82) is 0 Å². The number of amides is 2. The van der Waals surface area contributed by atoms with E-state index in [1.54, 1.807) is 31.3 Å². The lowest BCUT2D eigenvalue weighted by atomic mass is 10.1. The molecule has 20 heavy (non-hydrogen) atoms. The second kappa shape index (κ2) is 6.01. The number of rotatable bonds is 3. The Labute approximate surface area is 116 Å². The zero-order valence-corrected chi connectivity index (χ0v) is 11.3. The Hall–Kier alpha value is -2.63. The maximum absolute atomic E-state index is 11.7. The number of esters is 1. The number of fused-ring (bicyclic) bond motifs is 1. The van der Waals surface area contributed by atoms with Gasteiger partial charge in [-0.3, -0.25) is 4.98 Å². The van der Waals surface area contributed by atoms with Crippen molar-refractivity contribution < 1.29 is 14.3 Å². The van der Waals surface area contributed by atoms with Crippen LogP contribution in [0.25, 0.3) is 10.8 Å². The molecular weight excluding hydrogens is 258 g/mol. The molecule has 0 unspecified atom stereocenters. The minimum Gasteiger partial charge on any atom is -0.462 e. The molecule has 0 atom stereocenters. The zero-order chi connectivity index (χ0) is 14.5. The van der Waals surface area contributed by atoms with Crippen LogP contribution < -0.4 is 10.6 Å². The Bertz CT molecular complexity index is 655. The monoisotopic (exact) mass is 273 g/mol. The molecule has 2 amide bonds. The van der Waals surface area contributed by atoms with Gasteiger partial charge in [0.05, 0.1) is 24.1 Å². The Balaban J connectivity index is 2.45. The van der Waals surface area contributed by atoms with Gasteiger partial charge in [-0.1, -0.05) is 6.07 Å². The smallest absolute Gasteiger partial charge is 0.338 e. The van der Waals surface area contributed by atoms with Gasteiger partial charge in [-0.15, -0.1) is 0 Å². The molecule has 0 aliphatic carbocycles. The van der Waals surface area contributed by atoms with E-state index in [0.29, 0.717) is 17.9 Å². The fraction of sp³-hybridized carbons (Fsp3) is 0.214. The summed E-state index contributed by atoms with van der Waals surface area (Å²) in [5, 5.41) is 6.69. The largest absolute Gasteiger partial charge is 0.462 e. The number of carbonyl (C=O) groups excluding carboxylic acids is 2. The van der Waals surface area contributed by atoms with Crippen molar-refractivity contribution in [2.45, 2.75) is 6.92 Å². The molecule has 0 radical (unpaired) electrons. The average Bonchev–Trinajstić information content (AvgIpc) is 2.47. The number of carbonyl (C=O) groups is 2. The minimum atomic E-state index is -0.392. The van der Waals surface area contributed by atoms with E-state index in [4.69, 9.17) is 4.74 Å². The fourth-order valence-electron chi connectivity index (χ4n) is 1.79. The molecule has 0 saturated heterocycles. The summed E-state index contributed by atoms with van der Waals surface area (Å²) in [4.78, 5) is 27.2. The molecule has 2 aromatic rings. The highest BCUT2D eigenvalue weighted by Crippen LogP contribution is 2.23. The van der Waals surface area contributed by atoms with E-state index < -0.39 is 5.97 Å². The van der Waals surface area contributed by atoms with Crippen molar-refractivity contribution in [2.75, 3.05) is 19.0 Å². The molecule has 2 rings (SSSR count). The lowest BCUT2D eigenvalue weighted by molar-refractivity contribution is 0.0526. The number of urea groups is 1. The number of anilines is 1. The summed E-state index contributed by atoms with van der Waals surface area (Å²) in [5.41, 5.74) is 0.971. The van der Waals surface area contributed by atoms with Gasteiger partial charge in [0.15, 0.2) is 0 Å². The first-order chi connectivity index (χ1) is 9.65. The number of ether oxygens (including phenoxy) is 1. The highest BCUT2D eigenvalue weighted by molar-refractivity contribution is 6.03. The van der Waals surface area contributed by atoms with Crippen molar-refractivity contribution >= 4 is 28.5 Å². The maximum atomic E-state index is 11.7. The Morgan fingerprint density at radius 2 is 2.10 bits per heavy atom. The first-order valence-corrected chi connectivity index (χ1v) is 6.19. The molecule has 6 heteroatoms. The van der Waals surface area contributed by atoms with E-state index in [1.165, 1.54) is 13.2 Å². The zero-order valence-electron chi connectivity index (χ0n) is 11.3. The first-order valence-electron chi connectivity index (χ1n) is 6.19. The van der Waals surface area contributed by atoms with Crippen molar-refractivity contribution in [3.8, 4) is 0 Å². The lowest BCUT2D eigenvalue weighted by Gasteiger charge is -2.09. The molecule has 0 spiro atoms. The van der Waals surface area contributed by atoms with Crippen LogP contribution in [0, 0.1) is 0 Å². The Morgan fingerprint density at radius 1 is 1.30 bits per heavy atom. The summed E-state index contributed by atoms with van der Waals surface area (Å²) in [6.45, 7) is 2.07. The van der Waals surface area contributed by atoms with E-state index in [2.05, 4.69) is 15.6 Å². The van der Waals surface area contributed by atoms with E-state index in [-0.39, 0.29) is 6.03 Å². The number of aromatic nitrogens is 1. The highest BCUT2D eigenvalue weighted by Gasteiger charge is 2.10. The van der Waals surface area contributed by atoms with Gasteiger partial charge < -0.3 is 15.4 Å². The number of pyridine rings is 1. The van der Waals surface area contributed by atoms with Crippen LogP contribution in [0.1, 0.15) is 17.3 Å². The SMILES string of the molecule is CCOC(=O)c1ccc2cncc(NC(=O)NC)c2c1. The number of hydrogen-bond donors (Lipinski definition) is 2. The predicted octanol–water partition coefficient (Wildman–Crippen LogP) is 2.16. The summed E-state index contributed by atoms with van der Waals surface area (Å²) in [6.07, 6.45) is 3.20. The summed E-state index contributed by atoms with van der Waals surface area (Å²) in [5.74, 6) is -0.392. The van der Waals surface area contributed by atoms with Gasteiger partial charge in [0, 0.05) is 24.0 Å². The average molecular weight is 273 g/mol. The Morgan fingerprint density at radius 3 is 2.80 bits per heavy atom. The topological polar surface area (TPSA) is 80.3 Å². The van der Waals surface area contributed by atoms with Crippen LogP contribution in [0.15, 0.2) is 30.6 Å². The molecule has 104 valence electrons. The minimum absolute atomic E-state index is 0.316. The molecule has 0 saturated carbocycles. The third-order valence-corrected chi connectivity index (χ3v) is 2.75. The fourth-order valence-corrected chi connectivity index (χ4v) is 1.79. The number of hydrogen-bond acceptors (Lipinski definition) is 4. The van der Waals surface area contributed by atoms with Crippen LogP contribution in [-0.4, -0.2) is 30.6 Å². The van der Waals surface area contributed by atoms with Gasteiger partial charge in [0.25, 0.3) is 0 Å². The van der Waals surface area contributed by atoms with E-state index >= 15 is 0 Å². The van der Waals surface area contributed by atoms with E-state index in [9.17, 15) is 9.59 Å². The molecule has 2 N–H and O–H groups in total. The molecule has 0 aliphatic heterocycles. The molecule has 6 nitrogen and oxygen atoms in total. The molecule has 1 aromatic heterocycles. The number of nitrogens with zero attached hydrogens (tertiary/aromatic N) is 1. The van der Waals surface area contributed by atoms with Gasteiger partial charge in [-0.05, 0) is 19.1 Å². The number of benzene rings is 1. The summed E-state index contributed by atoms with van der Waals surface area (Å²) < 4.78 is 4.96. The van der Waals surface area contributed by atoms with Crippen LogP contribution in [-0.2, 0) is 4.74 Å². The molecule has 0 fully saturated rings. The molecule has 1 aromatic carbocycles. The van der Waals surface area contributed by atoms with E-state index in [1.807, 2.05) is 0 Å². The molecule has 1 heterocycles. The molecular formula is C14H15N3O3. The third kappa shape index (κ3) is 2.85. The van der Waals surface area contributed by atoms with Crippen LogP contribution in [0.3, 0.4) is 0 Å². The third-order valence-electron chi connectivity index (χ3n) is 2.75. The number of nitrogens with one attached hydrogen (secondary N) is 2. The van der Waals surface area contributed by atoms with Gasteiger partial charge in [0.1, 0.15) is 0 Å². The van der Waals surface area contributed by atoms with Gasteiger partial charge in [-0.2, -0.15) is 0 Å². The van der Waals surface area contributed by atoms with Crippen molar-refractivity contribution in [2.24, 2.45) is 0 Å². The van der Waals surface area contributed by atoms with Crippen molar-refractivity contribution in [3.05, 3.63) is 36.2 Å². The summed E-state index contributed by atoms with van der Waals surface area (Å²) in [6, 6.07) is 4.77. The van der Waals surface area contributed by atoms with Gasteiger partial charge in [-0.25, -0.2) is 9.59 Å². The van der Waals surface area contributed by atoms with Gasteiger partial charge in [0.2, 0.25) is 0 Å². The second-order valence-electron chi connectivity index (χ2n) is 4.05. The van der Waals surface area contributed by atoms with Crippen molar-refractivity contribution in [1.82, 2.24) is 10.3 Å². The first kappa shape index (κ1) is 13.8. The summed E-state index contributed by atoms with van der Waals surface area (Å²) in [7, 11) is 1.53. The second-order valence-corrected chi connectivity index (χ2v) is 4.05. The van der Waals surface area contributed by atoms with Crippen LogP contribution >= 0.6 is 0 Å². The maximum Gasteiger partial charge on any atom is 0.338 e. The molecule has 0 bridgehead atoms. The predicted molar refractivity (Wildman–Crippen MR) is 75.8 cm³/mol. The summed E-state index contributed by atoms with van der Waals surface area (Å²) >= 11 is 0. The normalized spacial score (nSPS) is 10.1. The van der Waals surface area contributed by atoms with Crippen molar-refractivity contribution in [3.63, 3.8) is 0 Å². The lowest BCUT2D eigenvalue weighted by Crippen LogP contribution is -2.24. The van der Waals surface area contributed by atoms with Gasteiger partial charge >= 0.3 is 12.0 Å². The quantitative estimate of drug-likeness (QED) is 0.840. The van der Waals surface area contributed by atoms with E-state index in [0.717, 1.165) is 10.8 Å². The van der Waals surface area contributed by atoms with Crippen LogP contribution in [0.4, 0.5) is 10.5 Å². The highest BCUT2D eigenvalue weighted by atomic mass is 16.5. The standard InChI is InChI=1S/C14H15N3O3/c1-3-20-13(18)9-4-5-10-7-16-8-12(11(10)6-9)17-14(19)15-2/h4-8H,3H2,1-2H3,(H2,15,17,19). The molecule has 0 aliphatic rings. The Kier molecular flexibility index (Phi) is 4.14.